The molecule has 2 atom stereocenters. The topological polar surface area (TPSA) is 18.5 Å². The quantitative estimate of drug-likeness (QED) is 0.791. The van der Waals surface area contributed by atoms with Crippen LogP contribution in [0.2, 0.25) is 0 Å². The van der Waals surface area contributed by atoms with Crippen molar-refractivity contribution in [2.75, 3.05) is 39.8 Å². The van der Waals surface area contributed by atoms with Crippen LogP contribution in [0.1, 0.15) is 32.1 Å². The van der Waals surface area contributed by atoms with Crippen LogP contribution in [0.5, 0.6) is 0 Å². The third-order valence-electron chi connectivity index (χ3n) is 4.87. The lowest BCUT2D eigenvalue weighted by Crippen LogP contribution is -2.53. The summed E-state index contributed by atoms with van der Waals surface area (Å²) >= 11 is 0. The fourth-order valence-electron chi connectivity index (χ4n) is 3.65. The third kappa shape index (κ3) is 3.01. The molecule has 0 spiro atoms. The van der Waals surface area contributed by atoms with Crippen LogP contribution >= 0.6 is 0 Å². The van der Waals surface area contributed by atoms with Crippen molar-refractivity contribution in [1.29, 1.82) is 0 Å². The van der Waals surface area contributed by atoms with Gasteiger partial charge < -0.3 is 15.1 Å². The molecular weight excluding hydrogens is 210 g/mol. The van der Waals surface area contributed by atoms with Gasteiger partial charge >= 0.3 is 0 Å². The lowest BCUT2D eigenvalue weighted by Gasteiger charge is -2.46. The van der Waals surface area contributed by atoms with E-state index >= 15 is 0 Å². The fraction of sp³-hybridized carbons (Fsp3) is 1.00. The van der Waals surface area contributed by atoms with E-state index in [2.05, 4.69) is 22.2 Å². The molecule has 3 aliphatic rings. The Labute approximate surface area is 106 Å². The number of hydrogen-bond acceptors (Lipinski definition) is 3. The number of fused-ring (bicyclic) bond motifs is 1. The van der Waals surface area contributed by atoms with Gasteiger partial charge in [0.2, 0.25) is 0 Å². The Balaban J connectivity index is 1.42. The Morgan fingerprint density at radius 1 is 1.12 bits per heavy atom. The van der Waals surface area contributed by atoms with Crippen LogP contribution in [-0.2, 0) is 0 Å². The van der Waals surface area contributed by atoms with Crippen molar-refractivity contribution in [1.82, 2.24) is 15.1 Å². The number of likely N-dealkylation sites (tertiary alicyclic amines) is 2. The van der Waals surface area contributed by atoms with Crippen LogP contribution in [0.4, 0.5) is 0 Å². The Hall–Kier alpha value is -0.120. The van der Waals surface area contributed by atoms with E-state index < -0.39 is 0 Å². The monoisotopic (exact) mass is 237 g/mol. The standard InChI is InChI=1S/C14H27N3/c1-16-8-2-3-12-11-17(9-6-14(12)16)10-7-15-13-4-5-13/h12-15H,2-11H2,1H3. The predicted octanol–water partition coefficient (Wildman–Crippen LogP) is 1.15. The van der Waals surface area contributed by atoms with Gasteiger partial charge in [0.05, 0.1) is 0 Å². The molecule has 0 aromatic rings. The molecule has 17 heavy (non-hydrogen) atoms. The highest BCUT2D eigenvalue weighted by Gasteiger charge is 2.33. The number of piperidine rings is 2. The molecule has 98 valence electrons. The molecule has 3 fully saturated rings. The number of nitrogens with one attached hydrogen (secondary N) is 1. The maximum atomic E-state index is 3.63. The van der Waals surface area contributed by atoms with Gasteiger partial charge in [0.15, 0.2) is 0 Å². The first kappa shape index (κ1) is 11.9. The van der Waals surface area contributed by atoms with Crippen molar-refractivity contribution < 1.29 is 0 Å². The lowest BCUT2D eigenvalue weighted by molar-refractivity contribution is 0.0391. The van der Waals surface area contributed by atoms with Crippen molar-refractivity contribution in [3.05, 3.63) is 0 Å². The summed E-state index contributed by atoms with van der Waals surface area (Å²) in [7, 11) is 2.32. The predicted molar refractivity (Wildman–Crippen MR) is 71.2 cm³/mol. The number of nitrogens with zero attached hydrogens (tertiary/aromatic N) is 2. The Morgan fingerprint density at radius 3 is 2.82 bits per heavy atom. The smallest absolute Gasteiger partial charge is 0.0145 e. The van der Waals surface area contributed by atoms with Crippen LogP contribution < -0.4 is 5.32 Å². The molecule has 3 nitrogen and oxygen atoms in total. The Kier molecular flexibility index (Phi) is 3.69. The van der Waals surface area contributed by atoms with Crippen LogP contribution in [0.25, 0.3) is 0 Å². The van der Waals surface area contributed by atoms with Crippen LogP contribution in [0.3, 0.4) is 0 Å². The van der Waals surface area contributed by atoms with Crippen molar-refractivity contribution >= 4 is 0 Å². The van der Waals surface area contributed by atoms with E-state index in [4.69, 9.17) is 0 Å². The molecule has 3 rings (SSSR count). The van der Waals surface area contributed by atoms with Gasteiger partial charge in [0, 0.05) is 31.7 Å². The Morgan fingerprint density at radius 2 is 2.00 bits per heavy atom. The average Bonchev–Trinajstić information content (AvgIpc) is 3.13. The molecule has 1 aliphatic carbocycles. The summed E-state index contributed by atoms with van der Waals surface area (Å²) in [5.41, 5.74) is 0. The van der Waals surface area contributed by atoms with Gasteiger partial charge in [0.25, 0.3) is 0 Å². The molecule has 0 amide bonds. The normalized spacial score (nSPS) is 35.8. The van der Waals surface area contributed by atoms with Gasteiger partial charge in [-0.05, 0) is 58.2 Å². The van der Waals surface area contributed by atoms with Crippen LogP contribution in [0, 0.1) is 5.92 Å². The highest BCUT2D eigenvalue weighted by molar-refractivity contribution is 4.89. The molecule has 3 heteroatoms. The lowest BCUT2D eigenvalue weighted by atomic mass is 9.84. The van der Waals surface area contributed by atoms with E-state index in [1.807, 2.05) is 0 Å². The third-order valence-corrected chi connectivity index (χ3v) is 4.87. The van der Waals surface area contributed by atoms with E-state index in [-0.39, 0.29) is 0 Å². The Bertz CT molecular complexity index is 250. The second kappa shape index (κ2) is 5.25. The van der Waals surface area contributed by atoms with Gasteiger partial charge in [-0.15, -0.1) is 0 Å². The molecule has 1 saturated carbocycles. The van der Waals surface area contributed by atoms with Gasteiger partial charge in [-0.25, -0.2) is 0 Å². The second-order valence-corrected chi connectivity index (χ2v) is 6.27. The second-order valence-electron chi connectivity index (χ2n) is 6.27. The van der Waals surface area contributed by atoms with Crippen LogP contribution in [0.15, 0.2) is 0 Å². The highest BCUT2D eigenvalue weighted by atomic mass is 15.2. The van der Waals surface area contributed by atoms with Gasteiger partial charge in [-0.3, -0.25) is 0 Å². The summed E-state index contributed by atoms with van der Waals surface area (Å²) in [5.74, 6) is 0.948. The first-order chi connectivity index (χ1) is 8.33. The summed E-state index contributed by atoms with van der Waals surface area (Å²) in [5, 5.41) is 3.63. The first-order valence-electron chi connectivity index (χ1n) is 7.49. The maximum Gasteiger partial charge on any atom is 0.0145 e. The minimum Gasteiger partial charge on any atom is -0.313 e. The first-order valence-corrected chi connectivity index (χ1v) is 7.49. The van der Waals surface area contributed by atoms with Gasteiger partial charge in [-0.1, -0.05) is 0 Å². The average molecular weight is 237 g/mol. The van der Waals surface area contributed by atoms with E-state index in [1.54, 1.807) is 0 Å². The summed E-state index contributed by atoms with van der Waals surface area (Å²) in [6.07, 6.45) is 7.09. The molecule has 0 aromatic heterocycles. The molecule has 1 N–H and O–H groups in total. The molecule has 2 saturated heterocycles. The minimum absolute atomic E-state index is 0.869. The van der Waals surface area contributed by atoms with E-state index in [9.17, 15) is 0 Å². The maximum absolute atomic E-state index is 3.63. The molecule has 2 heterocycles. The summed E-state index contributed by atoms with van der Waals surface area (Å²) in [4.78, 5) is 5.30. The van der Waals surface area contributed by atoms with Crippen molar-refractivity contribution in [2.24, 2.45) is 5.92 Å². The fourth-order valence-corrected chi connectivity index (χ4v) is 3.65. The molecule has 2 unspecified atom stereocenters. The van der Waals surface area contributed by atoms with Gasteiger partial charge in [0.1, 0.15) is 0 Å². The van der Waals surface area contributed by atoms with E-state index in [0.29, 0.717) is 0 Å². The van der Waals surface area contributed by atoms with Crippen molar-refractivity contribution in [3.8, 4) is 0 Å². The minimum atomic E-state index is 0.869. The molecule has 0 radical (unpaired) electrons. The zero-order valence-electron chi connectivity index (χ0n) is 11.2. The van der Waals surface area contributed by atoms with E-state index in [1.165, 1.54) is 64.8 Å². The van der Waals surface area contributed by atoms with E-state index in [0.717, 1.165) is 18.0 Å². The number of hydrogen-bond donors (Lipinski definition) is 1. The molecule has 0 bridgehead atoms. The van der Waals surface area contributed by atoms with Crippen LogP contribution in [-0.4, -0.2) is 61.7 Å². The summed E-state index contributed by atoms with van der Waals surface area (Å²) < 4.78 is 0. The molecule has 0 aromatic carbocycles. The van der Waals surface area contributed by atoms with Crippen molar-refractivity contribution in [2.45, 2.75) is 44.2 Å². The zero-order valence-corrected chi connectivity index (χ0v) is 11.2. The SMILES string of the molecule is CN1CCCC2CN(CCNC3CC3)CCC21. The summed E-state index contributed by atoms with van der Waals surface area (Å²) in [6.45, 7) is 6.46. The summed E-state index contributed by atoms with van der Waals surface area (Å²) in [6, 6.07) is 1.75. The zero-order chi connectivity index (χ0) is 11.7. The van der Waals surface area contributed by atoms with Gasteiger partial charge in [-0.2, -0.15) is 0 Å². The largest absolute Gasteiger partial charge is 0.313 e. The highest BCUT2D eigenvalue weighted by Crippen LogP contribution is 2.29. The number of rotatable bonds is 4. The molecular formula is C14H27N3. The molecule has 2 aliphatic heterocycles. The van der Waals surface area contributed by atoms with Crippen molar-refractivity contribution in [3.63, 3.8) is 0 Å².